The van der Waals surface area contributed by atoms with Gasteiger partial charge in [0.2, 0.25) is 0 Å². The van der Waals surface area contributed by atoms with Gasteiger partial charge in [0.05, 0.1) is 23.1 Å². The van der Waals surface area contributed by atoms with Crippen LogP contribution >= 0.6 is 23.2 Å². The van der Waals surface area contributed by atoms with Gasteiger partial charge in [-0.05, 0) is 61.8 Å². The van der Waals surface area contributed by atoms with Crippen LogP contribution in [0.1, 0.15) is 43.7 Å². The lowest BCUT2D eigenvalue weighted by Crippen LogP contribution is -2.46. The van der Waals surface area contributed by atoms with Crippen LogP contribution in [0, 0.1) is 11.8 Å². The molecule has 2 aromatic heterocycles. The summed E-state index contributed by atoms with van der Waals surface area (Å²) in [6.07, 6.45) is 0.486. The second kappa shape index (κ2) is 13.2. The van der Waals surface area contributed by atoms with Gasteiger partial charge in [0.25, 0.3) is 12.1 Å². The van der Waals surface area contributed by atoms with E-state index in [2.05, 4.69) is 24.9 Å². The van der Waals surface area contributed by atoms with E-state index in [1.165, 1.54) is 41.9 Å². The molecular weight excluding hydrogens is 674 g/mol. The van der Waals surface area contributed by atoms with Crippen LogP contribution in [0.4, 0.5) is 22.0 Å². The fourth-order valence-electron chi connectivity index (χ4n) is 5.38. The summed E-state index contributed by atoms with van der Waals surface area (Å²) in [5.41, 5.74) is -1.64. The van der Waals surface area contributed by atoms with Crippen molar-refractivity contribution in [3.8, 4) is 11.5 Å². The zero-order valence-electron chi connectivity index (χ0n) is 24.8. The molecule has 0 spiro atoms. The van der Waals surface area contributed by atoms with Gasteiger partial charge < -0.3 is 20.1 Å². The van der Waals surface area contributed by atoms with Crippen molar-refractivity contribution in [3.63, 3.8) is 0 Å². The molecule has 0 bridgehead atoms. The van der Waals surface area contributed by atoms with Crippen LogP contribution in [0.25, 0.3) is 0 Å². The van der Waals surface area contributed by atoms with Crippen molar-refractivity contribution in [1.29, 1.82) is 0 Å². The smallest absolute Gasteiger partial charge is 0.436 e. The molecule has 3 atom stereocenters. The van der Waals surface area contributed by atoms with Crippen molar-refractivity contribution in [2.75, 3.05) is 0 Å². The number of phenols is 1. The average molecular weight is 706 g/mol. The lowest BCUT2D eigenvalue weighted by molar-refractivity contribution is -0.266. The van der Waals surface area contributed by atoms with Crippen LogP contribution in [0.5, 0.6) is 11.5 Å². The third-order valence-electron chi connectivity index (χ3n) is 8.06. The Bertz CT molecular complexity index is 1650. The standard InChI is InChI=1S/C17H17ClF5N3O2.C13H14ClN3O2/c1-15(20,21)14(19)17(22,23)28-11-4-5-12(13(18)6-11)16(27,10-2-3-10)7-26-9-24-8-25-26;14-12-5-10(18)3-4-11(12)13(19,9-1-2-9)6-17-8-15-7-16-17/h4-6,8-10,14,27H,2-3,7H2,1H3;3-5,7-9,18-19H,1-2,6H2. The Kier molecular flexibility index (Phi) is 9.75. The summed E-state index contributed by atoms with van der Waals surface area (Å²) in [4.78, 5) is 7.68. The Balaban J connectivity index is 0.000000198. The summed E-state index contributed by atoms with van der Waals surface area (Å²) in [5.74, 6) is -4.77. The minimum Gasteiger partial charge on any atom is -0.508 e. The lowest BCUT2D eigenvalue weighted by Gasteiger charge is -2.30. The number of benzene rings is 2. The molecule has 3 N–H and O–H groups in total. The molecule has 0 saturated heterocycles. The molecule has 3 unspecified atom stereocenters. The Hall–Kier alpha value is -3.53. The molecule has 254 valence electrons. The molecule has 2 aliphatic carbocycles. The van der Waals surface area contributed by atoms with Crippen LogP contribution in [0.15, 0.2) is 61.7 Å². The van der Waals surface area contributed by atoms with Crippen molar-refractivity contribution >= 4 is 23.2 Å². The molecule has 2 saturated carbocycles. The molecule has 6 rings (SSSR count). The molecule has 0 amide bonds. The number of ether oxygens (including phenoxy) is 1. The third-order valence-corrected chi connectivity index (χ3v) is 8.69. The maximum absolute atomic E-state index is 13.7. The van der Waals surface area contributed by atoms with Crippen LogP contribution in [0.3, 0.4) is 0 Å². The Morgan fingerprint density at radius 2 is 1.30 bits per heavy atom. The first-order chi connectivity index (χ1) is 22.0. The fraction of sp³-hybridized carbons (Fsp3) is 0.467. The van der Waals surface area contributed by atoms with Gasteiger partial charge >= 0.3 is 6.11 Å². The molecular formula is C30H31Cl2F5N6O4. The maximum atomic E-state index is 13.7. The van der Waals surface area contributed by atoms with Crippen molar-refractivity contribution in [2.24, 2.45) is 11.8 Å². The van der Waals surface area contributed by atoms with Gasteiger partial charge in [0, 0.05) is 18.1 Å². The number of aromatic nitrogens is 6. The van der Waals surface area contributed by atoms with E-state index in [0.29, 0.717) is 17.1 Å². The third kappa shape index (κ3) is 7.96. The minimum atomic E-state index is -4.77. The first-order valence-electron chi connectivity index (χ1n) is 14.5. The molecule has 17 heteroatoms. The molecule has 2 heterocycles. The predicted molar refractivity (Wildman–Crippen MR) is 159 cm³/mol. The average Bonchev–Trinajstić information content (AvgIpc) is 3.92. The molecule has 2 fully saturated rings. The second-order valence-electron chi connectivity index (χ2n) is 11.9. The molecule has 0 radical (unpaired) electrons. The number of aliphatic hydroxyl groups is 2. The summed E-state index contributed by atoms with van der Waals surface area (Å²) in [7, 11) is 0. The SMILES string of the molecule is CC(F)(F)C(F)C(F)(F)Oc1ccc(C(O)(Cn2cncn2)C2CC2)c(Cl)c1.Oc1ccc(C(O)(Cn2cncn2)C2CC2)c(Cl)c1. The van der Waals surface area contributed by atoms with Gasteiger partial charge in [-0.15, -0.1) is 0 Å². The van der Waals surface area contributed by atoms with Gasteiger partial charge in [-0.3, -0.25) is 0 Å². The van der Waals surface area contributed by atoms with E-state index < -0.39 is 35.2 Å². The predicted octanol–water partition coefficient (Wildman–Crippen LogP) is 6.13. The fourth-order valence-corrected chi connectivity index (χ4v) is 6.05. The molecule has 2 aliphatic rings. The normalized spacial score (nSPS) is 18.4. The molecule has 2 aromatic carbocycles. The van der Waals surface area contributed by atoms with E-state index >= 15 is 0 Å². The Morgan fingerprint density at radius 1 is 0.830 bits per heavy atom. The highest BCUT2D eigenvalue weighted by Gasteiger charge is 2.56. The van der Waals surface area contributed by atoms with Gasteiger partial charge in [-0.25, -0.2) is 32.5 Å². The van der Waals surface area contributed by atoms with Crippen LogP contribution < -0.4 is 4.74 Å². The molecule has 10 nitrogen and oxygen atoms in total. The Labute approximate surface area is 275 Å². The number of rotatable bonds is 12. The number of halogens is 7. The van der Waals surface area contributed by atoms with Crippen LogP contribution in [-0.2, 0) is 24.3 Å². The van der Waals surface area contributed by atoms with E-state index in [4.69, 9.17) is 23.2 Å². The van der Waals surface area contributed by atoms with Gasteiger partial charge in [0.15, 0.2) is 0 Å². The number of nitrogens with zero attached hydrogens (tertiary/aromatic N) is 6. The highest BCUT2D eigenvalue weighted by Crippen LogP contribution is 2.50. The summed E-state index contributed by atoms with van der Waals surface area (Å²) in [5, 5.41) is 39.8. The number of alkyl halides is 5. The van der Waals surface area contributed by atoms with E-state index in [1.807, 2.05) is 0 Å². The second-order valence-corrected chi connectivity index (χ2v) is 12.7. The number of aromatic hydroxyl groups is 1. The monoisotopic (exact) mass is 704 g/mol. The van der Waals surface area contributed by atoms with Gasteiger partial charge in [-0.1, -0.05) is 35.3 Å². The van der Waals surface area contributed by atoms with Gasteiger partial charge in [0.1, 0.15) is 48.0 Å². The first kappa shape index (κ1) is 34.8. The summed E-state index contributed by atoms with van der Waals surface area (Å²) < 4.78 is 73.6. The van der Waals surface area contributed by atoms with Crippen molar-refractivity contribution in [2.45, 2.75) is 75.1 Å². The van der Waals surface area contributed by atoms with E-state index in [9.17, 15) is 37.3 Å². The van der Waals surface area contributed by atoms with Crippen molar-refractivity contribution < 1.29 is 42.0 Å². The highest BCUT2D eigenvalue weighted by atomic mass is 35.5. The van der Waals surface area contributed by atoms with E-state index in [-0.39, 0.29) is 41.6 Å². The molecule has 4 aromatic rings. The first-order valence-corrected chi connectivity index (χ1v) is 15.3. The van der Waals surface area contributed by atoms with Crippen LogP contribution in [-0.4, -0.2) is 63.1 Å². The number of phenolic OH excluding ortho intramolecular Hbond substituents is 1. The number of hydrogen-bond donors (Lipinski definition) is 3. The van der Waals surface area contributed by atoms with Crippen molar-refractivity contribution in [3.05, 3.63) is 82.9 Å². The maximum Gasteiger partial charge on any atom is 0.436 e. The summed E-state index contributed by atoms with van der Waals surface area (Å²) >= 11 is 12.3. The topological polar surface area (TPSA) is 131 Å². The Morgan fingerprint density at radius 3 is 1.68 bits per heavy atom. The molecule has 47 heavy (non-hydrogen) atoms. The molecule has 0 aliphatic heterocycles. The van der Waals surface area contributed by atoms with E-state index in [1.54, 1.807) is 17.1 Å². The van der Waals surface area contributed by atoms with Gasteiger partial charge in [-0.2, -0.15) is 19.0 Å². The highest BCUT2D eigenvalue weighted by molar-refractivity contribution is 6.32. The lowest BCUT2D eigenvalue weighted by atomic mass is 9.88. The summed E-state index contributed by atoms with van der Waals surface area (Å²) in [6.45, 7) is 0.370. The van der Waals surface area contributed by atoms with E-state index in [0.717, 1.165) is 37.8 Å². The summed E-state index contributed by atoms with van der Waals surface area (Å²) in [6, 6.07) is 7.86. The van der Waals surface area contributed by atoms with Crippen LogP contribution in [0.2, 0.25) is 10.0 Å². The largest absolute Gasteiger partial charge is 0.508 e. The number of hydrogen-bond acceptors (Lipinski definition) is 8. The zero-order chi connectivity index (χ0) is 34.2. The quantitative estimate of drug-likeness (QED) is 0.150. The minimum absolute atomic E-state index is 0.0301. The van der Waals surface area contributed by atoms with Crippen molar-refractivity contribution in [1.82, 2.24) is 29.5 Å². The zero-order valence-corrected chi connectivity index (χ0v) is 26.3.